The number of halogens is 5. The molecule has 0 spiro atoms. The summed E-state index contributed by atoms with van der Waals surface area (Å²) in [5.41, 5.74) is -0.357. The lowest BCUT2D eigenvalue weighted by Crippen LogP contribution is -2.57. The molecular formula is C16H12Cl2F3N3O2. The van der Waals surface area contributed by atoms with Crippen molar-refractivity contribution in [1.29, 1.82) is 0 Å². The number of nitrogens with zero attached hydrogens (tertiary/aromatic N) is 2. The highest BCUT2D eigenvalue weighted by atomic mass is 35.5. The number of hydrogen-bond donors (Lipinski definition) is 1. The Morgan fingerprint density at radius 1 is 1.19 bits per heavy atom. The first-order chi connectivity index (χ1) is 12.2. The average Bonchev–Trinajstić information content (AvgIpc) is 2.53. The Kier molecular flexibility index (Phi) is 5.15. The number of nitrogens with one attached hydrogen (secondary N) is 1. The zero-order valence-electron chi connectivity index (χ0n) is 13.1. The zero-order chi connectivity index (χ0) is 18.9. The van der Waals surface area contributed by atoms with Crippen LogP contribution in [0.15, 0.2) is 36.5 Å². The zero-order valence-corrected chi connectivity index (χ0v) is 14.6. The highest BCUT2D eigenvalue weighted by Crippen LogP contribution is 2.31. The maximum Gasteiger partial charge on any atom is 0.416 e. The van der Waals surface area contributed by atoms with Crippen LogP contribution in [0.25, 0.3) is 0 Å². The molecule has 0 bridgehead atoms. The van der Waals surface area contributed by atoms with Crippen LogP contribution >= 0.6 is 23.2 Å². The van der Waals surface area contributed by atoms with Crippen molar-refractivity contribution in [1.82, 2.24) is 9.88 Å². The first-order valence-electron chi connectivity index (χ1n) is 7.43. The molecule has 0 radical (unpaired) electrons. The number of anilines is 1. The third-order valence-electron chi connectivity index (χ3n) is 3.66. The van der Waals surface area contributed by atoms with E-state index in [0.717, 1.165) is 18.3 Å². The van der Waals surface area contributed by atoms with Crippen LogP contribution in [0.2, 0.25) is 10.0 Å². The van der Waals surface area contributed by atoms with E-state index < -0.39 is 17.8 Å². The SMILES string of the molecule is O=C(Nc1ccc(Cl)c(Cl)c1)N1CC(Oc2cc(C(F)(F)F)ccn2)C1. The number of aromatic nitrogens is 1. The van der Waals surface area contributed by atoms with Crippen molar-refractivity contribution in [3.05, 3.63) is 52.1 Å². The second-order valence-corrected chi connectivity index (χ2v) is 6.40. The molecule has 3 rings (SSSR count). The molecule has 138 valence electrons. The molecule has 1 fully saturated rings. The van der Waals surface area contributed by atoms with Gasteiger partial charge in [-0.1, -0.05) is 23.2 Å². The molecule has 0 aliphatic carbocycles. The summed E-state index contributed by atoms with van der Waals surface area (Å²) >= 11 is 11.7. The Balaban J connectivity index is 1.52. The van der Waals surface area contributed by atoms with Crippen molar-refractivity contribution in [3.63, 3.8) is 0 Å². The molecule has 26 heavy (non-hydrogen) atoms. The normalized spacial score (nSPS) is 14.7. The number of carbonyl (C=O) groups excluding carboxylic acids is 1. The number of rotatable bonds is 3. The van der Waals surface area contributed by atoms with Crippen molar-refractivity contribution in [3.8, 4) is 5.88 Å². The van der Waals surface area contributed by atoms with Crippen molar-refractivity contribution >= 4 is 34.9 Å². The van der Waals surface area contributed by atoms with E-state index in [1.165, 1.54) is 11.0 Å². The summed E-state index contributed by atoms with van der Waals surface area (Å²) < 4.78 is 43.4. The molecular weight excluding hydrogens is 394 g/mol. The lowest BCUT2D eigenvalue weighted by atomic mass is 10.2. The molecule has 0 atom stereocenters. The van der Waals surface area contributed by atoms with Gasteiger partial charge in [-0.25, -0.2) is 9.78 Å². The summed E-state index contributed by atoms with van der Waals surface area (Å²) in [6, 6.07) is 6.00. The fourth-order valence-electron chi connectivity index (χ4n) is 2.28. The second-order valence-electron chi connectivity index (χ2n) is 5.58. The van der Waals surface area contributed by atoms with Gasteiger partial charge < -0.3 is 15.0 Å². The molecule has 1 saturated heterocycles. The molecule has 0 unspecified atom stereocenters. The highest BCUT2D eigenvalue weighted by Gasteiger charge is 2.34. The van der Waals surface area contributed by atoms with E-state index >= 15 is 0 Å². The van der Waals surface area contributed by atoms with Gasteiger partial charge in [0.2, 0.25) is 5.88 Å². The second kappa shape index (κ2) is 7.20. The summed E-state index contributed by atoms with van der Waals surface area (Å²) in [6.45, 7) is 0.455. The average molecular weight is 406 g/mol. The number of benzene rings is 1. The number of ether oxygens (including phenoxy) is 1. The van der Waals surface area contributed by atoms with Gasteiger partial charge in [-0.05, 0) is 24.3 Å². The van der Waals surface area contributed by atoms with E-state index in [4.69, 9.17) is 27.9 Å². The minimum atomic E-state index is -4.47. The number of likely N-dealkylation sites (tertiary alicyclic amines) is 1. The van der Waals surface area contributed by atoms with E-state index in [-0.39, 0.29) is 25.0 Å². The number of hydrogen-bond acceptors (Lipinski definition) is 3. The number of carbonyl (C=O) groups is 1. The van der Waals surface area contributed by atoms with Crippen LogP contribution < -0.4 is 10.1 Å². The van der Waals surface area contributed by atoms with E-state index in [9.17, 15) is 18.0 Å². The van der Waals surface area contributed by atoms with Gasteiger partial charge >= 0.3 is 12.2 Å². The number of amides is 2. The fraction of sp³-hybridized carbons (Fsp3) is 0.250. The third kappa shape index (κ3) is 4.31. The molecule has 2 amide bonds. The van der Waals surface area contributed by atoms with Crippen molar-refractivity contribution < 1.29 is 22.7 Å². The lowest BCUT2D eigenvalue weighted by molar-refractivity contribution is -0.137. The van der Waals surface area contributed by atoms with Gasteiger partial charge in [-0.2, -0.15) is 13.2 Å². The number of alkyl halides is 3. The third-order valence-corrected chi connectivity index (χ3v) is 4.39. The predicted molar refractivity (Wildman–Crippen MR) is 90.7 cm³/mol. The van der Waals surface area contributed by atoms with Crippen LogP contribution in [-0.4, -0.2) is 35.1 Å². The molecule has 1 aromatic carbocycles. The van der Waals surface area contributed by atoms with Gasteiger partial charge in [0.25, 0.3) is 0 Å². The fourth-order valence-corrected chi connectivity index (χ4v) is 2.57. The summed E-state index contributed by atoms with van der Waals surface area (Å²) in [4.78, 5) is 17.3. The predicted octanol–water partition coefficient (Wildman–Crippen LogP) is 4.70. The van der Waals surface area contributed by atoms with Crippen LogP contribution in [0.1, 0.15) is 5.56 Å². The summed E-state index contributed by atoms with van der Waals surface area (Å²) in [5, 5.41) is 3.33. The highest BCUT2D eigenvalue weighted by molar-refractivity contribution is 6.42. The summed E-state index contributed by atoms with van der Waals surface area (Å²) in [5.74, 6) is -0.130. The molecule has 2 aromatic rings. The van der Waals surface area contributed by atoms with Gasteiger partial charge in [0.1, 0.15) is 6.10 Å². The Hall–Kier alpha value is -2.19. The molecule has 0 saturated carbocycles. The largest absolute Gasteiger partial charge is 0.471 e. The van der Waals surface area contributed by atoms with Crippen LogP contribution in [0.5, 0.6) is 5.88 Å². The molecule has 2 heterocycles. The van der Waals surface area contributed by atoms with Gasteiger partial charge in [0.15, 0.2) is 0 Å². The van der Waals surface area contributed by atoms with Gasteiger partial charge in [-0.15, -0.1) is 0 Å². The van der Waals surface area contributed by atoms with Crippen LogP contribution in [0, 0.1) is 0 Å². The maximum atomic E-state index is 12.7. The minimum absolute atomic E-state index is 0.130. The van der Waals surface area contributed by atoms with Gasteiger partial charge in [0.05, 0.1) is 28.7 Å². The smallest absolute Gasteiger partial charge is 0.416 e. The first-order valence-corrected chi connectivity index (χ1v) is 8.19. The molecule has 10 heteroatoms. The molecule has 5 nitrogen and oxygen atoms in total. The minimum Gasteiger partial charge on any atom is -0.471 e. The molecule has 1 aliphatic heterocycles. The van der Waals surface area contributed by atoms with E-state index in [2.05, 4.69) is 10.3 Å². The van der Waals surface area contributed by atoms with E-state index in [1.54, 1.807) is 12.1 Å². The molecule has 1 aromatic heterocycles. The monoisotopic (exact) mass is 405 g/mol. The quantitative estimate of drug-likeness (QED) is 0.804. The summed E-state index contributed by atoms with van der Waals surface area (Å²) in [7, 11) is 0. The van der Waals surface area contributed by atoms with Crippen molar-refractivity contribution in [2.45, 2.75) is 12.3 Å². The Morgan fingerprint density at radius 3 is 2.58 bits per heavy atom. The topological polar surface area (TPSA) is 54.5 Å². The number of urea groups is 1. The first kappa shape index (κ1) is 18.6. The van der Waals surface area contributed by atoms with Crippen molar-refractivity contribution in [2.24, 2.45) is 0 Å². The lowest BCUT2D eigenvalue weighted by Gasteiger charge is -2.38. The van der Waals surface area contributed by atoms with Crippen LogP contribution in [0.3, 0.4) is 0 Å². The van der Waals surface area contributed by atoms with Crippen LogP contribution in [0.4, 0.5) is 23.7 Å². The molecule has 1 aliphatic rings. The van der Waals surface area contributed by atoms with E-state index in [1.807, 2.05) is 0 Å². The molecule has 1 N–H and O–H groups in total. The Bertz CT molecular complexity index is 827. The van der Waals surface area contributed by atoms with Crippen LogP contribution in [-0.2, 0) is 6.18 Å². The van der Waals surface area contributed by atoms with Crippen molar-refractivity contribution in [2.75, 3.05) is 18.4 Å². The maximum absolute atomic E-state index is 12.7. The Morgan fingerprint density at radius 2 is 1.92 bits per heavy atom. The van der Waals surface area contributed by atoms with E-state index in [0.29, 0.717) is 15.7 Å². The standard InChI is InChI=1S/C16H12Cl2F3N3O2/c17-12-2-1-10(6-13(12)18)23-15(25)24-7-11(8-24)26-14-5-9(3-4-22-14)16(19,20)21/h1-6,11H,7-8H2,(H,23,25). The van der Waals surface area contributed by atoms with Gasteiger partial charge in [-0.3, -0.25) is 0 Å². The van der Waals surface area contributed by atoms with Gasteiger partial charge in [0, 0.05) is 18.0 Å². The number of pyridine rings is 1. The summed E-state index contributed by atoms with van der Waals surface area (Å²) in [6.07, 6.45) is -3.86. The Labute approximate surface area is 156 Å².